The Hall–Kier alpha value is -2.38. The summed E-state index contributed by atoms with van der Waals surface area (Å²) in [5, 5.41) is 11.1. The molecular weight excluding hydrogens is 353 g/mol. The number of hydrogen-bond donors (Lipinski definition) is 1. The Bertz CT molecular complexity index is 855. The molecule has 122 valence electrons. The van der Waals surface area contributed by atoms with Crippen LogP contribution in [-0.4, -0.2) is 21.9 Å². The maximum absolute atomic E-state index is 13.5. The van der Waals surface area contributed by atoms with Crippen molar-refractivity contribution >= 4 is 35.0 Å². The Morgan fingerprint density at radius 3 is 2.67 bits per heavy atom. The van der Waals surface area contributed by atoms with Crippen LogP contribution in [0.25, 0.3) is 11.5 Å². The van der Waals surface area contributed by atoms with Crippen LogP contribution in [0.5, 0.6) is 0 Å². The maximum Gasteiger partial charge on any atom is 0.277 e. The van der Waals surface area contributed by atoms with Gasteiger partial charge in [-0.15, -0.1) is 10.2 Å². The van der Waals surface area contributed by atoms with Crippen LogP contribution in [0.1, 0.15) is 0 Å². The second kappa shape index (κ2) is 7.46. The monoisotopic (exact) mass is 363 g/mol. The SMILES string of the molecule is O=C(CSc1nnc(-c2ccc(Cl)cc2)o1)Nc1ccccc1F. The van der Waals surface area contributed by atoms with Crippen molar-refractivity contribution < 1.29 is 13.6 Å². The van der Waals surface area contributed by atoms with E-state index < -0.39 is 5.82 Å². The zero-order chi connectivity index (χ0) is 16.9. The van der Waals surface area contributed by atoms with Crippen molar-refractivity contribution in [3.8, 4) is 11.5 Å². The molecule has 0 aliphatic carbocycles. The summed E-state index contributed by atoms with van der Waals surface area (Å²) < 4.78 is 18.9. The fraction of sp³-hybridized carbons (Fsp3) is 0.0625. The first-order chi connectivity index (χ1) is 11.6. The smallest absolute Gasteiger partial charge is 0.277 e. The van der Waals surface area contributed by atoms with Gasteiger partial charge < -0.3 is 9.73 Å². The van der Waals surface area contributed by atoms with Crippen molar-refractivity contribution in [2.75, 3.05) is 11.1 Å². The zero-order valence-electron chi connectivity index (χ0n) is 12.2. The van der Waals surface area contributed by atoms with Crippen molar-refractivity contribution in [2.24, 2.45) is 0 Å². The lowest BCUT2D eigenvalue weighted by atomic mass is 10.2. The minimum Gasteiger partial charge on any atom is -0.411 e. The van der Waals surface area contributed by atoms with Crippen LogP contribution in [0.4, 0.5) is 10.1 Å². The number of nitrogens with one attached hydrogen (secondary N) is 1. The van der Waals surface area contributed by atoms with Gasteiger partial charge in [0.05, 0.1) is 11.4 Å². The van der Waals surface area contributed by atoms with Crippen LogP contribution in [0, 0.1) is 5.82 Å². The third-order valence-electron chi connectivity index (χ3n) is 2.97. The van der Waals surface area contributed by atoms with Crippen LogP contribution in [0.2, 0.25) is 5.02 Å². The summed E-state index contributed by atoms with van der Waals surface area (Å²) in [6.07, 6.45) is 0. The molecule has 3 rings (SSSR count). The normalized spacial score (nSPS) is 10.6. The number of para-hydroxylation sites is 1. The molecular formula is C16H11ClFN3O2S. The molecule has 1 amide bonds. The average Bonchev–Trinajstić information content (AvgIpc) is 3.05. The molecule has 0 spiro atoms. The number of carbonyl (C=O) groups is 1. The van der Waals surface area contributed by atoms with Crippen molar-refractivity contribution in [3.05, 3.63) is 59.4 Å². The molecule has 0 unspecified atom stereocenters. The van der Waals surface area contributed by atoms with E-state index in [9.17, 15) is 9.18 Å². The first-order valence-corrected chi connectivity index (χ1v) is 8.25. The Morgan fingerprint density at radius 2 is 1.92 bits per heavy atom. The second-order valence-corrected chi connectivity index (χ2v) is 6.06. The molecule has 1 N–H and O–H groups in total. The molecule has 5 nitrogen and oxygen atoms in total. The minimum atomic E-state index is -0.487. The van der Waals surface area contributed by atoms with Gasteiger partial charge in [-0.2, -0.15) is 0 Å². The van der Waals surface area contributed by atoms with E-state index in [1.54, 1.807) is 36.4 Å². The topological polar surface area (TPSA) is 68.0 Å². The van der Waals surface area contributed by atoms with Crippen molar-refractivity contribution in [1.82, 2.24) is 10.2 Å². The highest BCUT2D eigenvalue weighted by Crippen LogP contribution is 2.24. The molecule has 0 saturated heterocycles. The van der Waals surface area contributed by atoms with E-state index in [1.165, 1.54) is 12.1 Å². The third kappa shape index (κ3) is 4.12. The predicted octanol–water partition coefficient (Wildman–Crippen LogP) is 4.26. The Morgan fingerprint density at radius 1 is 1.17 bits per heavy atom. The molecule has 0 saturated carbocycles. The number of thioether (sulfide) groups is 1. The van der Waals surface area contributed by atoms with Gasteiger partial charge in [0.15, 0.2) is 0 Å². The van der Waals surface area contributed by atoms with Crippen LogP contribution in [0.3, 0.4) is 0 Å². The Balaban J connectivity index is 1.58. The van der Waals surface area contributed by atoms with Gasteiger partial charge in [-0.1, -0.05) is 35.5 Å². The highest BCUT2D eigenvalue weighted by atomic mass is 35.5. The van der Waals surface area contributed by atoms with Gasteiger partial charge in [-0.05, 0) is 36.4 Å². The van der Waals surface area contributed by atoms with Crippen LogP contribution >= 0.6 is 23.4 Å². The van der Waals surface area contributed by atoms with E-state index in [4.69, 9.17) is 16.0 Å². The summed E-state index contributed by atoms with van der Waals surface area (Å²) in [6, 6.07) is 12.9. The third-order valence-corrected chi connectivity index (χ3v) is 4.04. The van der Waals surface area contributed by atoms with Gasteiger partial charge in [0, 0.05) is 10.6 Å². The van der Waals surface area contributed by atoms with E-state index in [0.29, 0.717) is 10.9 Å². The molecule has 0 atom stereocenters. The summed E-state index contributed by atoms with van der Waals surface area (Å²) in [5.41, 5.74) is 0.866. The molecule has 8 heteroatoms. The molecule has 0 aliphatic rings. The molecule has 0 aliphatic heterocycles. The number of aromatic nitrogens is 2. The molecule has 3 aromatic rings. The lowest BCUT2D eigenvalue weighted by Gasteiger charge is -2.04. The van der Waals surface area contributed by atoms with Gasteiger partial charge in [-0.3, -0.25) is 4.79 Å². The summed E-state index contributed by atoms with van der Waals surface area (Å²) in [6.45, 7) is 0. The molecule has 2 aromatic carbocycles. The number of carbonyl (C=O) groups excluding carboxylic acids is 1. The Labute approximate surface area is 146 Å². The van der Waals surface area contributed by atoms with Gasteiger partial charge in [0.2, 0.25) is 11.8 Å². The molecule has 24 heavy (non-hydrogen) atoms. The number of hydrogen-bond acceptors (Lipinski definition) is 5. The minimum absolute atomic E-state index is 0.0244. The van der Waals surface area contributed by atoms with E-state index >= 15 is 0 Å². The standard InChI is InChI=1S/C16H11ClFN3O2S/c17-11-7-5-10(6-8-11)15-20-21-16(23-15)24-9-14(22)19-13-4-2-1-3-12(13)18/h1-8H,9H2,(H,19,22). The van der Waals surface area contributed by atoms with Crippen LogP contribution in [-0.2, 0) is 4.79 Å². The maximum atomic E-state index is 13.5. The van der Waals surface area contributed by atoms with Crippen molar-refractivity contribution in [1.29, 1.82) is 0 Å². The molecule has 0 radical (unpaired) electrons. The van der Waals surface area contributed by atoms with Gasteiger partial charge >= 0.3 is 0 Å². The number of benzene rings is 2. The largest absolute Gasteiger partial charge is 0.411 e. The molecule has 0 fully saturated rings. The first kappa shape index (κ1) is 16.5. The second-order valence-electron chi connectivity index (χ2n) is 4.70. The summed E-state index contributed by atoms with van der Waals surface area (Å²) in [4.78, 5) is 11.8. The lowest BCUT2D eigenvalue weighted by molar-refractivity contribution is -0.113. The molecule has 1 aromatic heterocycles. The summed E-state index contributed by atoms with van der Waals surface area (Å²) >= 11 is 6.90. The van der Waals surface area contributed by atoms with Gasteiger partial charge in [0.1, 0.15) is 5.82 Å². The van der Waals surface area contributed by atoms with Crippen LogP contribution in [0.15, 0.2) is 58.2 Å². The number of anilines is 1. The quantitative estimate of drug-likeness (QED) is 0.686. The lowest BCUT2D eigenvalue weighted by Crippen LogP contribution is -2.14. The van der Waals surface area contributed by atoms with Crippen molar-refractivity contribution in [2.45, 2.75) is 5.22 Å². The fourth-order valence-electron chi connectivity index (χ4n) is 1.85. The molecule has 1 heterocycles. The molecule has 0 bridgehead atoms. The number of amides is 1. The zero-order valence-corrected chi connectivity index (χ0v) is 13.8. The predicted molar refractivity (Wildman–Crippen MR) is 90.5 cm³/mol. The van der Waals surface area contributed by atoms with E-state index in [0.717, 1.165) is 17.3 Å². The summed E-state index contributed by atoms with van der Waals surface area (Å²) in [5.74, 6) is -0.491. The Kier molecular flexibility index (Phi) is 5.12. The highest BCUT2D eigenvalue weighted by Gasteiger charge is 2.12. The fourth-order valence-corrected chi connectivity index (χ4v) is 2.54. The highest BCUT2D eigenvalue weighted by molar-refractivity contribution is 7.99. The average molecular weight is 364 g/mol. The van der Waals surface area contributed by atoms with Crippen LogP contribution < -0.4 is 5.32 Å². The number of halogens is 2. The van der Waals surface area contributed by atoms with E-state index in [-0.39, 0.29) is 22.6 Å². The summed E-state index contributed by atoms with van der Waals surface area (Å²) in [7, 11) is 0. The first-order valence-electron chi connectivity index (χ1n) is 6.88. The van der Waals surface area contributed by atoms with Crippen molar-refractivity contribution in [3.63, 3.8) is 0 Å². The van der Waals surface area contributed by atoms with Gasteiger partial charge in [0.25, 0.3) is 5.22 Å². The number of nitrogens with zero attached hydrogens (tertiary/aromatic N) is 2. The van der Waals surface area contributed by atoms with E-state index in [2.05, 4.69) is 15.5 Å². The van der Waals surface area contributed by atoms with Gasteiger partial charge in [-0.25, -0.2) is 4.39 Å². The van der Waals surface area contributed by atoms with E-state index in [1.807, 2.05) is 0 Å². The number of rotatable bonds is 5.